The fourth-order valence-electron chi connectivity index (χ4n) is 2.61. The fraction of sp³-hybridized carbons (Fsp3) is 0.588. The van der Waals surface area contributed by atoms with Gasteiger partial charge >= 0.3 is 5.97 Å². The average Bonchev–Trinajstić information content (AvgIpc) is 2.37. The van der Waals surface area contributed by atoms with Gasteiger partial charge in [0.05, 0.1) is 13.0 Å². The van der Waals surface area contributed by atoms with E-state index in [-0.39, 0.29) is 18.0 Å². The van der Waals surface area contributed by atoms with Gasteiger partial charge in [0.25, 0.3) is 0 Å². The highest BCUT2D eigenvalue weighted by molar-refractivity contribution is 5.66. The minimum absolute atomic E-state index is 0.0899. The molecule has 0 saturated heterocycles. The second-order valence-corrected chi connectivity index (χ2v) is 6.15. The number of nitrogens with zero attached hydrogens (tertiary/aromatic N) is 1. The molecule has 1 unspecified atom stereocenters. The Labute approximate surface area is 127 Å². The van der Waals surface area contributed by atoms with Crippen LogP contribution in [0.4, 0.5) is 0 Å². The van der Waals surface area contributed by atoms with Gasteiger partial charge in [0.2, 0.25) is 0 Å². The van der Waals surface area contributed by atoms with Gasteiger partial charge in [-0.1, -0.05) is 18.2 Å². The molecule has 118 valence electrons. The normalized spacial score (nSPS) is 13.2. The lowest BCUT2D eigenvalue weighted by molar-refractivity contribution is -0.137. The molecule has 1 aromatic carbocycles. The van der Waals surface area contributed by atoms with Crippen molar-refractivity contribution >= 4 is 5.97 Å². The Morgan fingerprint density at radius 2 is 1.95 bits per heavy atom. The molecule has 0 fully saturated rings. The van der Waals surface area contributed by atoms with Gasteiger partial charge in [0.15, 0.2) is 0 Å². The fourth-order valence-corrected chi connectivity index (χ4v) is 2.61. The number of benzene rings is 1. The van der Waals surface area contributed by atoms with Crippen LogP contribution in [-0.4, -0.2) is 34.7 Å². The lowest BCUT2D eigenvalue weighted by Gasteiger charge is -2.40. The maximum Gasteiger partial charge on any atom is 0.304 e. The summed E-state index contributed by atoms with van der Waals surface area (Å²) in [5, 5.41) is 8.97. The van der Waals surface area contributed by atoms with Crippen LogP contribution < -0.4 is 4.74 Å². The molecule has 0 saturated carbocycles. The second kappa shape index (κ2) is 7.46. The van der Waals surface area contributed by atoms with Crippen molar-refractivity contribution in [2.75, 3.05) is 13.2 Å². The van der Waals surface area contributed by atoms with Crippen LogP contribution >= 0.6 is 0 Å². The van der Waals surface area contributed by atoms with Gasteiger partial charge in [-0.2, -0.15) is 0 Å². The van der Waals surface area contributed by atoms with Crippen molar-refractivity contribution in [3.05, 3.63) is 29.8 Å². The van der Waals surface area contributed by atoms with E-state index in [2.05, 4.69) is 38.7 Å². The van der Waals surface area contributed by atoms with Gasteiger partial charge in [0, 0.05) is 23.7 Å². The van der Waals surface area contributed by atoms with Crippen LogP contribution in [0.5, 0.6) is 5.75 Å². The first-order valence-electron chi connectivity index (χ1n) is 7.47. The molecule has 1 aromatic rings. The third-order valence-corrected chi connectivity index (χ3v) is 3.56. The molecule has 0 amide bonds. The maximum atomic E-state index is 10.9. The Morgan fingerprint density at radius 1 is 1.33 bits per heavy atom. The lowest BCUT2D eigenvalue weighted by Crippen LogP contribution is -2.44. The predicted molar refractivity (Wildman–Crippen MR) is 84.7 cm³/mol. The number of aliphatic carboxylic acids is 1. The van der Waals surface area contributed by atoms with E-state index in [0.29, 0.717) is 13.2 Å². The molecule has 0 bridgehead atoms. The van der Waals surface area contributed by atoms with E-state index in [9.17, 15) is 4.79 Å². The van der Waals surface area contributed by atoms with Crippen LogP contribution in [0.3, 0.4) is 0 Å². The van der Waals surface area contributed by atoms with Gasteiger partial charge in [-0.05, 0) is 40.7 Å². The smallest absolute Gasteiger partial charge is 0.304 e. The molecular weight excluding hydrogens is 266 g/mol. The molecule has 1 N–H and O–H groups in total. The Kier molecular flexibility index (Phi) is 6.21. The van der Waals surface area contributed by atoms with E-state index >= 15 is 0 Å². The zero-order chi connectivity index (χ0) is 16.0. The molecule has 1 rings (SSSR count). The molecule has 4 nitrogen and oxygen atoms in total. The van der Waals surface area contributed by atoms with E-state index < -0.39 is 5.97 Å². The van der Waals surface area contributed by atoms with E-state index in [1.54, 1.807) is 0 Å². The van der Waals surface area contributed by atoms with Crippen LogP contribution in [-0.2, 0) is 4.79 Å². The maximum absolute atomic E-state index is 10.9. The quantitative estimate of drug-likeness (QED) is 0.832. The predicted octanol–water partition coefficient (Wildman–Crippen LogP) is 3.72. The average molecular weight is 293 g/mol. The lowest BCUT2D eigenvalue weighted by atomic mass is 9.98. The van der Waals surface area contributed by atoms with Crippen molar-refractivity contribution in [1.29, 1.82) is 0 Å². The summed E-state index contributed by atoms with van der Waals surface area (Å²) in [6.45, 7) is 11.5. The number of carbonyl (C=O) groups is 1. The topological polar surface area (TPSA) is 49.8 Å². The molecule has 0 aliphatic heterocycles. The Balaban J connectivity index is 3.04. The Hall–Kier alpha value is -1.55. The first-order valence-corrected chi connectivity index (χ1v) is 7.47. The van der Waals surface area contributed by atoms with Gasteiger partial charge in [-0.3, -0.25) is 9.69 Å². The number of hydrogen-bond donors (Lipinski definition) is 1. The third kappa shape index (κ3) is 5.05. The number of carboxylic acids is 1. The van der Waals surface area contributed by atoms with E-state index in [4.69, 9.17) is 9.84 Å². The first kappa shape index (κ1) is 17.5. The molecule has 21 heavy (non-hydrogen) atoms. The molecule has 0 radical (unpaired) electrons. The molecule has 0 spiro atoms. The zero-order valence-corrected chi connectivity index (χ0v) is 13.7. The molecule has 1 atom stereocenters. The van der Waals surface area contributed by atoms with Crippen LogP contribution in [0.15, 0.2) is 24.3 Å². The van der Waals surface area contributed by atoms with E-state index in [1.807, 2.05) is 25.1 Å². The van der Waals surface area contributed by atoms with Gasteiger partial charge in [0.1, 0.15) is 5.75 Å². The summed E-state index contributed by atoms with van der Waals surface area (Å²) in [6.07, 6.45) is 0.137. The Morgan fingerprint density at radius 3 is 2.48 bits per heavy atom. The molecular formula is C17H27NO3. The summed E-state index contributed by atoms with van der Waals surface area (Å²) < 4.78 is 5.70. The van der Waals surface area contributed by atoms with Crippen LogP contribution in [0, 0.1) is 0 Å². The van der Waals surface area contributed by atoms with E-state index in [1.165, 1.54) is 0 Å². The van der Waals surface area contributed by atoms with Crippen LogP contribution in [0.25, 0.3) is 0 Å². The molecule has 4 heteroatoms. The molecule has 0 heterocycles. The van der Waals surface area contributed by atoms with Crippen molar-refractivity contribution in [2.24, 2.45) is 0 Å². The summed E-state index contributed by atoms with van der Waals surface area (Å²) in [5.74, 6) is 0.103. The van der Waals surface area contributed by atoms with Crippen molar-refractivity contribution < 1.29 is 14.6 Å². The minimum Gasteiger partial charge on any atom is -0.494 e. The first-order chi connectivity index (χ1) is 9.77. The third-order valence-electron chi connectivity index (χ3n) is 3.56. The van der Waals surface area contributed by atoms with Crippen molar-refractivity contribution in [3.63, 3.8) is 0 Å². The summed E-state index contributed by atoms with van der Waals surface area (Å²) in [4.78, 5) is 13.1. The highest BCUT2D eigenvalue weighted by Gasteiger charge is 2.28. The standard InChI is InChI=1S/C17H27NO3/c1-6-21-15-10-8-7-9-14(15)13(2)18(17(3,4)5)12-11-16(19)20/h7-10,13H,6,11-12H2,1-5H3,(H,19,20). The van der Waals surface area contributed by atoms with Crippen LogP contribution in [0.2, 0.25) is 0 Å². The highest BCUT2D eigenvalue weighted by Crippen LogP contribution is 2.33. The molecule has 0 aromatic heterocycles. The van der Waals surface area contributed by atoms with Crippen molar-refractivity contribution in [2.45, 2.75) is 52.6 Å². The SMILES string of the molecule is CCOc1ccccc1C(C)N(CCC(=O)O)C(C)(C)C. The van der Waals surface area contributed by atoms with Gasteiger partial charge < -0.3 is 9.84 Å². The van der Waals surface area contributed by atoms with E-state index in [0.717, 1.165) is 11.3 Å². The number of hydrogen-bond acceptors (Lipinski definition) is 3. The second-order valence-electron chi connectivity index (χ2n) is 6.15. The van der Waals surface area contributed by atoms with Gasteiger partial charge in [-0.25, -0.2) is 0 Å². The monoisotopic (exact) mass is 293 g/mol. The summed E-state index contributed by atoms with van der Waals surface area (Å²) >= 11 is 0. The summed E-state index contributed by atoms with van der Waals surface area (Å²) in [6, 6.07) is 8.06. The molecule has 0 aliphatic rings. The Bertz CT molecular complexity index is 465. The van der Waals surface area contributed by atoms with Crippen molar-refractivity contribution in [1.82, 2.24) is 4.90 Å². The highest BCUT2D eigenvalue weighted by atomic mass is 16.5. The summed E-state index contributed by atoms with van der Waals surface area (Å²) in [5.41, 5.74) is 0.980. The number of para-hydroxylation sites is 1. The molecule has 0 aliphatic carbocycles. The van der Waals surface area contributed by atoms with Crippen molar-refractivity contribution in [3.8, 4) is 5.75 Å². The minimum atomic E-state index is -0.769. The zero-order valence-electron chi connectivity index (χ0n) is 13.7. The number of ether oxygens (including phenoxy) is 1. The van der Waals surface area contributed by atoms with Crippen LogP contribution in [0.1, 0.15) is 52.6 Å². The number of carboxylic acid groups (broad SMARTS) is 1. The summed E-state index contributed by atoms with van der Waals surface area (Å²) in [7, 11) is 0. The van der Waals surface area contributed by atoms with Gasteiger partial charge in [-0.15, -0.1) is 0 Å². The number of rotatable bonds is 7. The largest absolute Gasteiger partial charge is 0.494 e.